The second-order valence-electron chi connectivity index (χ2n) is 7.52. The molecule has 0 aromatic carbocycles. The Hall–Kier alpha value is -1.65. The van der Waals surface area contributed by atoms with Gasteiger partial charge in [-0.1, -0.05) is 27.2 Å². The van der Waals surface area contributed by atoms with E-state index in [1.165, 1.54) is 14.2 Å². The summed E-state index contributed by atoms with van der Waals surface area (Å²) in [6.07, 6.45) is 4.13. The zero-order valence-electron chi connectivity index (χ0n) is 14.7. The zero-order valence-corrected chi connectivity index (χ0v) is 14.7. The fourth-order valence-corrected chi connectivity index (χ4v) is 4.81. The lowest BCUT2D eigenvalue weighted by atomic mass is 9.49. The van der Waals surface area contributed by atoms with E-state index in [-0.39, 0.29) is 11.3 Å². The van der Waals surface area contributed by atoms with E-state index in [4.69, 9.17) is 4.74 Å². The highest BCUT2D eigenvalue weighted by atomic mass is 16.5. The van der Waals surface area contributed by atoms with Crippen LogP contribution in [0.25, 0.3) is 0 Å². The Morgan fingerprint density at radius 2 is 1.70 bits per heavy atom. The van der Waals surface area contributed by atoms with Crippen LogP contribution in [0.5, 0.6) is 0 Å². The quantitative estimate of drug-likeness (QED) is 0.590. The summed E-state index contributed by atoms with van der Waals surface area (Å²) in [5.74, 6) is -1.87. The third-order valence-electron chi connectivity index (χ3n) is 5.82. The molecule has 1 fully saturated rings. The van der Waals surface area contributed by atoms with Gasteiger partial charge in [-0.15, -0.1) is 0 Å². The van der Waals surface area contributed by atoms with Crippen LogP contribution >= 0.6 is 0 Å². The van der Waals surface area contributed by atoms with E-state index in [0.29, 0.717) is 17.6 Å². The molecule has 5 nitrogen and oxygen atoms in total. The molecule has 0 spiro atoms. The van der Waals surface area contributed by atoms with Crippen LogP contribution in [0.2, 0.25) is 0 Å². The number of fused-ring (bicyclic) bond motifs is 1. The predicted molar refractivity (Wildman–Crippen MR) is 84.5 cm³/mol. The SMILES string of the molecule is COC(=O)C(=O)C1=C(C(=O)OC)CC[C@H]2C(C)(C)CCC[C@]12C. The molecule has 0 aliphatic heterocycles. The van der Waals surface area contributed by atoms with Crippen molar-refractivity contribution in [2.75, 3.05) is 14.2 Å². The van der Waals surface area contributed by atoms with Crippen molar-refractivity contribution in [3.63, 3.8) is 0 Å². The first-order chi connectivity index (χ1) is 10.7. The molecule has 0 unspecified atom stereocenters. The number of methoxy groups -OCH3 is 2. The molecule has 2 atom stereocenters. The summed E-state index contributed by atoms with van der Waals surface area (Å²) in [5, 5.41) is 0. The summed E-state index contributed by atoms with van der Waals surface area (Å²) in [6.45, 7) is 6.42. The van der Waals surface area contributed by atoms with Gasteiger partial charge in [-0.25, -0.2) is 9.59 Å². The summed E-state index contributed by atoms with van der Waals surface area (Å²) < 4.78 is 9.49. The van der Waals surface area contributed by atoms with Crippen molar-refractivity contribution >= 4 is 17.7 Å². The van der Waals surface area contributed by atoms with Crippen molar-refractivity contribution in [3.8, 4) is 0 Å². The van der Waals surface area contributed by atoms with E-state index in [0.717, 1.165) is 25.7 Å². The second kappa shape index (κ2) is 6.10. The molecule has 0 N–H and O–H groups in total. The number of esters is 2. The number of hydrogen-bond donors (Lipinski definition) is 0. The van der Waals surface area contributed by atoms with E-state index in [9.17, 15) is 14.4 Å². The van der Waals surface area contributed by atoms with Gasteiger partial charge in [0.05, 0.1) is 14.2 Å². The molecule has 0 aromatic heterocycles. The zero-order chi connectivity index (χ0) is 17.4. The summed E-state index contributed by atoms with van der Waals surface area (Å²) in [6, 6.07) is 0. The molecule has 0 radical (unpaired) electrons. The molecule has 0 heterocycles. The van der Waals surface area contributed by atoms with Gasteiger partial charge < -0.3 is 9.47 Å². The van der Waals surface area contributed by atoms with E-state index < -0.39 is 23.1 Å². The Labute approximate surface area is 137 Å². The molecular formula is C18H26O5. The second-order valence-corrected chi connectivity index (χ2v) is 7.52. The van der Waals surface area contributed by atoms with Crippen LogP contribution in [-0.4, -0.2) is 31.9 Å². The van der Waals surface area contributed by atoms with Gasteiger partial charge in [0.2, 0.25) is 0 Å². The molecule has 128 valence electrons. The van der Waals surface area contributed by atoms with Crippen LogP contribution in [-0.2, 0) is 23.9 Å². The molecular weight excluding hydrogens is 296 g/mol. The van der Waals surface area contributed by atoms with Gasteiger partial charge in [-0.05, 0) is 37.0 Å². The molecule has 0 amide bonds. The third kappa shape index (κ3) is 2.81. The number of rotatable bonds is 3. The van der Waals surface area contributed by atoms with Gasteiger partial charge in [0.1, 0.15) is 0 Å². The number of ether oxygens (including phenoxy) is 2. The maximum absolute atomic E-state index is 12.7. The van der Waals surface area contributed by atoms with Gasteiger partial charge in [0.25, 0.3) is 5.78 Å². The van der Waals surface area contributed by atoms with Crippen LogP contribution < -0.4 is 0 Å². The highest BCUT2D eigenvalue weighted by Crippen LogP contribution is 2.59. The summed E-state index contributed by atoms with van der Waals surface area (Å²) in [4.78, 5) is 36.8. The normalized spacial score (nSPS) is 29.5. The lowest BCUT2D eigenvalue weighted by Crippen LogP contribution is -2.48. The number of carbonyl (C=O) groups is 3. The molecule has 0 bridgehead atoms. The number of ketones is 1. The van der Waals surface area contributed by atoms with E-state index in [1.807, 2.05) is 6.92 Å². The molecule has 1 saturated carbocycles. The maximum Gasteiger partial charge on any atom is 0.379 e. The van der Waals surface area contributed by atoms with Crippen LogP contribution in [0.15, 0.2) is 11.1 Å². The first kappa shape index (κ1) is 17.7. The minimum atomic E-state index is -0.911. The highest BCUT2D eigenvalue weighted by molar-refractivity contribution is 6.41. The van der Waals surface area contributed by atoms with Crippen molar-refractivity contribution in [2.24, 2.45) is 16.7 Å². The van der Waals surface area contributed by atoms with Crippen LogP contribution in [0, 0.1) is 16.7 Å². The standard InChI is InChI=1S/C18H26O5/c1-17(2)9-6-10-18(3)12(17)8-7-11(15(20)22-4)13(18)14(19)16(21)23-5/h12H,6-10H2,1-5H3/t12-,18-/m0/s1. The lowest BCUT2D eigenvalue weighted by Gasteiger charge is -2.54. The molecule has 0 aromatic rings. The Balaban J connectivity index is 2.62. The largest absolute Gasteiger partial charge is 0.466 e. The van der Waals surface area contributed by atoms with Gasteiger partial charge in [0, 0.05) is 16.6 Å². The molecule has 2 rings (SSSR count). The Morgan fingerprint density at radius 3 is 2.26 bits per heavy atom. The monoisotopic (exact) mass is 322 g/mol. The third-order valence-corrected chi connectivity index (χ3v) is 5.82. The molecule has 5 heteroatoms. The fourth-order valence-electron chi connectivity index (χ4n) is 4.81. The summed E-state index contributed by atoms with van der Waals surface area (Å²) >= 11 is 0. The van der Waals surface area contributed by atoms with Crippen LogP contribution in [0.3, 0.4) is 0 Å². The van der Waals surface area contributed by atoms with Gasteiger partial charge in [-0.3, -0.25) is 4.79 Å². The minimum absolute atomic E-state index is 0.0658. The van der Waals surface area contributed by atoms with Crippen LogP contribution in [0.1, 0.15) is 52.9 Å². The van der Waals surface area contributed by atoms with E-state index >= 15 is 0 Å². The smallest absolute Gasteiger partial charge is 0.379 e. The van der Waals surface area contributed by atoms with Crippen LogP contribution in [0.4, 0.5) is 0 Å². The molecule has 0 saturated heterocycles. The van der Waals surface area contributed by atoms with Crippen molar-refractivity contribution in [1.82, 2.24) is 0 Å². The average molecular weight is 322 g/mol. The molecule has 2 aliphatic carbocycles. The first-order valence-electron chi connectivity index (χ1n) is 8.13. The average Bonchev–Trinajstić information content (AvgIpc) is 2.50. The van der Waals surface area contributed by atoms with Crippen molar-refractivity contribution in [3.05, 3.63) is 11.1 Å². The van der Waals surface area contributed by atoms with E-state index in [1.54, 1.807) is 0 Å². The highest BCUT2D eigenvalue weighted by Gasteiger charge is 2.54. The molecule has 23 heavy (non-hydrogen) atoms. The fraction of sp³-hybridized carbons (Fsp3) is 0.722. The summed E-state index contributed by atoms with van der Waals surface area (Å²) in [7, 11) is 2.49. The molecule has 2 aliphatic rings. The van der Waals surface area contributed by atoms with Gasteiger partial charge in [0.15, 0.2) is 0 Å². The van der Waals surface area contributed by atoms with Crippen molar-refractivity contribution < 1.29 is 23.9 Å². The number of Topliss-reactive ketones (excluding diaryl/α,β-unsaturated/α-hetero) is 1. The Morgan fingerprint density at radius 1 is 1.04 bits per heavy atom. The number of carbonyl (C=O) groups excluding carboxylic acids is 3. The topological polar surface area (TPSA) is 69.7 Å². The Bertz CT molecular complexity index is 572. The van der Waals surface area contributed by atoms with Gasteiger partial charge in [-0.2, -0.15) is 0 Å². The van der Waals surface area contributed by atoms with Crippen molar-refractivity contribution in [2.45, 2.75) is 52.9 Å². The Kier molecular flexibility index (Phi) is 4.69. The van der Waals surface area contributed by atoms with Gasteiger partial charge >= 0.3 is 11.9 Å². The predicted octanol–water partition coefficient (Wildman–Crippen LogP) is 2.82. The lowest BCUT2D eigenvalue weighted by molar-refractivity contribution is -0.151. The van der Waals surface area contributed by atoms with Crippen molar-refractivity contribution in [1.29, 1.82) is 0 Å². The first-order valence-corrected chi connectivity index (χ1v) is 8.13. The van der Waals surface area contributed by atoms with E-state index in [2.05, 4.69) is 18.6 Å². The number of hydrogen-bond acceptors (Lipinski definition) is 5. The minimum Gasteiger partial charge on any atom is -0.466 e. The maximum atomic E-state index is 12.7. The summed E-state index contributed by atoms with van der Waals surface area (Å²) in [5.41, 5.74) is 0.241.